The molecule has 2 aromatic carbocycles. The third-order valence-corrected chi connectivity index (χ3v) is 7.89. The van der Waals surface area contributed by atoms with Crippen molar-refractivity contribution in [1.29, 1.82) is 0 Å². The molecule has 0 aliphatic carbocycles. The van der Waals surface area contributed by atoms with Crippen molar-refractivity contribution < 1.29 is 52.1 Å². The van der Waals surface area contributed by atoms with Crippen LogP contribution in [0.3, 0.4) is 0 Å². The minimum atomic E-state index is -7.32. The molecule has 3 nitrogen and oxygen atoms in total. The van der Waals surface area contributed by atoms with Crippen molar-refractivity contribution in [2.45, 2.75) is 93.6 Å². The maximum Gasteiger partial charge on any atom is 0.460 e. The monoisotopic (exact) mass is 606 g/mol. The van der Waals surface area contributed by atoms with E-state index in [0.717, 1.165) is 24.0 Å². The molecular formula is C27H31F9O3S. The van der Waals surface area contributed by atoms with Crippen LogP contribution in [-0.2, 0) is 14.3 Å². The molecule has 0 saturated carbocycles. The number of hydrogen-bond donors (Lipinski definition) is 0. The van der Waals surface area contributed by atoms with E-state index in [1.54, 1.807) is 0 Å². The standard InChI is InChI=1S/C27H31F9O3S/c1-2-13-22(39-40(37,38)27(35,36)25(30,31)24(28,29)26(32,33)34)18-11-3-4-12-19-23(20-14-7-5-8-15-20)21-16-9-6-10-17-21/h5-10,14-17,22-23H,2-4,11-13,18-19H2,1H3. The Bertz CT molecular complexity index is 1100. The molecule has 2 aromatic rings. The highest BCUT2D eigenvalue weighted by molar-refractivity contribution is 7.87. The van der Waals surface area contributed by atoms with Crippen molar-refractivity contribution in [1.82, 2.24) is 0 Å². The van der Waals surface area contributed by atoms with E-state index >= 15 is 0 Å². The van der Waals surface area contributed by atoms with Crippen molar-refractivity contribution in [2.24, 2.45) is 0 Å². The zero-order valence-corrected chi connectivity index (χ0v) is 22.4. The molecule has 13 heteroatoms. The molecule has 2 rings (SSSR count). The number of halogens is 9. The molecule has 226 valence electrons. The average Bonchev–Trinajstić information content (AvgIpc) is 2.88. The molecule has 0 spiro atoms. The van der Waals surface area contributed by atoms with E-state index in [2.05, 4.69) is 4.18 Å². The third-order valence-electron chi connectivity index (χ3n) is 6.48. The Morgan fingerprint density at radius 1 is 0.650 bits per heavy atom. The summed E-state index contributed by atoms with van der Waals surface area (Å²) in [5.41, 5.74) is 2.23. The fourth-order valence-corrected chi connectivity index (χ4v) is 5.40. The van der Waals surface area contributed by atoms with Gasteiger partial charge in [0.15, 0.2) is 0 Å². The summed E-state index contributed by atoms with van der Waals surface area (Å²) in [6.07, 6.45) is -6.14. The maximum absolute atomic E-state index is 14.0. The highest BCUT2D eigenvalue weighted by Gasteiger charge is 2.85. The van der Waals surface area contributed by atoms with Gasteiger partial charge in [-0.2, -0.15) is 47.9 Å². The topological polar surface area (TPSA) is 43.4 Å². The lowest BCUT2D eigenvalue weighted by atomic mass is 9.87. The summed E-state index contributed by atoms with van der Waals surface area (Å²) in [5, 5.41) is -6.84. The van der Waals surface area contributed by atoms with Crippen molar-refractivity contribution >= 4 is 10.1 Å². The predicted molar refractivity (Wildman–Crippen MR) is 132 cm³/mol. The largest absolute Gasteiger partial charge is 0.460 e. The molecule has 0 aliphatic rings. The zero-order valence-electron chi connectivity index (χ0n) is 21.6. The van der Waals surface area contributed by atoms with Crippen molar-refractivity contribution in [3.63, 3.8) is 0 Å². The SMILES string of the molecule is CCCC(CCCCCCC(c1ccccc1)c1ccccc1)OS(=O)(=O)C(F)(F)C(F)(F)C(F)(F)C(F)(F)F. The van der Waals surface area contributed by atoms with Gasteiger partial charge in [-0.3, -0.25) is 4.18 Å². The summed E-state index contributed by atoms with van der Waals surface area (Å²) < 4.78 is 146. The number of unbranched alkanes of at least 4 members (excludes halogenated alkanes) is 3. The van der Waals surface area contributed by atoms with Gasteiger partial charge in [0.05, 0.1) is 6.10 Å². The van der Waals surface area contributed by atoms with Crippen LogP contribution in [0, 0.1) is 0 Å². The van der Waals surface area contributed by atoms with Crippen molar-refractivity contribution in [3.8, 4) is 0 Å². The van der Waals surface area contributed by atoms with Gasteiger partial charge in [-0.15, -0.1) is 0 Å². The molecular weight excluding hydrogens is 575 g/mol. The first-order chi connectivity index (χ1) is 18.5. The minimum absolute atomic E-state index is 0.113. The number of rotatable bonds is 16. The van der Waals surface area contributed by atoms with Crippen molar-refractivity contribution in [3.05, 3.63) is 71.8 Å². The molecule has 0 bridgehead atoms. The number of hydrogen-bond acceptors (Lipinski definition) is 3. The van der Waals surface area contributed by atoms with Gasteiger partial charge in [0.25, 0.3) is 0 Å². The summed E-state index contributed by atoms with van der Waals surface area (Å²) >= 11 is 0. The number of alkyl halides is 9. The second kappa shape index (κ2) is 13.6. The Hall–Kier alpha value is -2.28. The molecule has 0 aliphatic heterocycles. The van der Waals surface area contributed by atoms with E-state index < -0.39 is 39.5 Å². The summed E-state index contributed by atoms with van der Waals surface area (Å²) in [4.78, 5) is 0. The van der Waals surface area contributed by atoms with E-state index in [1.807, 2.05) is 60.7 Å². The molecule has 1 atom stereocenters. The van der Waals surface area contributed by atoms with Gasteiger partial charge in [-0.25, -0.2) is 0 Å². The zero-order chi connectivity index (χ0) is 30.2. The van der Waals surface area contributed by atoms with Gasteiger partial charge in [-0.05, 0) is 30.4 Å². The molecule has 0 N–H and O–H groups in total. The molecule has 1 unspecified atom stereocenters. The van der Waals surface area contributed by atoms with Crippen LogP contribution in [0.4, 0.5) is 39.5 Å². The first-order valence-corrected chi connectivity index (χ1v) is 14.1. The van der Waals surface area contributed by atoms with Crippen LogP contribution >= 0.6 is 0 Å². The average molecular weight is 607 g/mol. The first-order valence-electron chi connectivity index (χ1n) is 12.7. The lowest BCUT2D eigenvalue weighted by Gasteiger charge is -2.33. The van der Waals surface area contributed by atoms with Crippen LogP contribution in [0.15, 0.2) is 60.7 Å². The Balaban J connectivity index is 1.98. The quantitative estimate of drug-likeness (QED) is 0.109. The van der Waals surface area contributed by atoms with Gasteiger partial charge in [0.1, 0.15) is 0 Å². The first kappa shape index (κ1) is 33.9. The molecule has 0 aromatic heterocycles. The smallest absolute Gasteiger partial charge is 0.262 e. The van der Waals surface area contributed by atoms with E-state index in [0.29, 0.717) is 12.8 Å². The fraction of sp³-hybridized carbons (Fsp3) is 0.556. The van der Waals surface area contributed by atoms with Crippen LogP contribution in [-0.4, -0.2) is 37.8 Å². The van der Waals surface area contributed by atoms with Gasteiger partial charge >= 0.3 is 33.4 Å². The third kappa shape index (κ3) is 7.71. The second-order valence-corrected chi connectivity index (χ2v) is 11.1. The van der Waals surface area contributed by atoms with Crippen LogP contribution in [0.5, 0.6) is 0 Å². The summed E-state index contributed by atoms with van der Waals surface area (Å²) in [6, 6.07) is 19.5. The molecule has 40 heavy (non-hydrogen) atoms. The van der Waals surface area contributed by atoms with Crippen LogP contribution in [0.25, 0.3) is 0 Å². The predicted octanol–water partition coefficient (Wildman–Crippen LogP) is 9.10. The molecule has 0 heterocycles. The second-order valence-electron chi connectivity index (χ2n) is 9.49. The van der Waals surface area contributed by atoms with Crippen LogP contribution in [0.1, 0.15) is 75.3 Å². The highest BCUT2D eigenvalue weighted by atomic mass is 32.2. The van der Waals surface area contributed by atoms with E-state index in [-0.39, 0.29) is 31.6 Å². The van der Waals surface area contributed by atoms with Gasteiger partial charge in [0.2, 0.25) is 0 Å². The Morgan fingerprint density at radius 3 is 1.52 bits per heavy atom. The minimum Gasteiger partial charge on any atom is -0.262 e. The lowest BCUT2D eigenvalue weighted by Crippen LogP contribution is -2.63. The molecule has 0 saturated heterocycles. The summed E-state index contributed by atoms with van der Waals surface area (Å²) in [5.74, 6) is -14.5. The Labute approximate surface area is 227 Å². The van der Waals surface area contributed by atoms with Gasteiger partial charge in [-0.1, -0.05) is 99.7 Å². The van der Waals surface area contributed by atoms with Crippen LogP contribution < -0.4 is 0 Å². The van der Waals surface area contributed by atoms with E-state index in [9.17, 15) is 47.9 Å². The summed E-state index contributed by atoms with van der Waals surface area (Å²) in [6.45, 7) is 1.50. The lowest BCUT2D eigenvalue weighted by molar-refractivity contribution is -0.382. The van der Waals surface area contributed by atoms with Crippen LogP contribution in [0.2, 0.25) is 0 Å². The Kier molecular flexibility index (Phi) is 11.5. The van der Waals surface area contributed by atoms with Crippen molar-refractivity contribution in [2.75, 3.05) is 0 Å². The summed E-state index contributed by atoms with van der Waals surface area (Å²) in [7, 11) is -6.87. The Morgan fingerprint density at radius 2 is 1.10 bits per heavy atom. The number of benzene rings is 2. The van der Waals surface area contributed by atoms with E-state index in [4.69, 9.17) is 0 Å². The molecule has 0 radical (unpaired) electrons. The molecule has 0 fully saturated rings. The molecule has 0 amide bonds. The normalized spacial score (nSPS) is 14.5. The highest BCUT2D eigenvalue weighted by Crippen LogP contribution is 2.55. The maximum atomic E-state index is 14.0. The van der Waals surface area contributed by atoms with Gasteiger partial charge < -0.3 is 0 Å². The van der Waals surface area contributed by atoms with E-state index in [1.165, 1.54) is 6.92 Å². The fourth-order valence-electron chi connectivity index (χ4n) is 4.29. The van der Waals surface area contributed by atoms with Gasteiger partial charge in [0, 0.05) is 5.92 Å².